The summed E-state index contributed by atoms with van der Waals surface area (Å²) in [4.78, 5) is 23.2. The number of anilines is 1. The second-order valence-electron chi connectivity index (χ2n) is 4.18. The molecule has 21 heavy (non-hydrogen) atoms. The molecule has 2 aromatic carbocycles. The molecular weight excluding hydrogens is 277 g/mol. The SMILES string of the molecule is O=C(COC(=O)c1cccc(O)c1)Nc1cccc(F)c1. The number of carbonyl (C=O) groups is 2. The lowest BCUT2D eigenvalue weighted by molar-refractivity contribution is -0.119. The Kier molecular flexibility index (Phi) is 4.50. The van der Waals surface area contributed by atoms with Gasteiger partial charge in [0.25, 0.3) is 5.91 Å². The molecule has 2 rings (SSSR count). The number of ether oxygens (including phenoxy) is 1. The van der Waals surface area contributed by atoms with Crippen LogP contribution in [-0.4, -0.2) is 23.6 Å². The average molecular weight is 289 g/mol. The van der Waals surface area contributed by atoms with E-state index in [2.05, 4.69) is 5.32 Å². The first-order chi connectivity index (χ1) is 10.0. The number of hydrogen-bond donors (Lipinski definition) is 2. The third kappa shape index (κ3) is 4.31. The number of nitrogens with one attached hydrogen (secondary N) is 1. The van der Waals surface area contributed by atoms with Crippen molar-refractivity contribution >= 4 is 17.6 Å². The van der Waals surface area contributed by atoms with Crippen LogP contribution in [0.3, 0.4) is 0 Å². The van der Waals surface area contributed by atoms with Crippen LogP contribution in [0.2, 0.25) is 0 Å². The number of benzene rings is 2. The number of rotatable bonds is 4. The molecule has 0 aromatic heterocycles. The fourth-order valence-electron chi connectivity index (χ4n) is 1.61. The number of hydrogen-bond acceptors (Lipinski definition) is 4. The summed E-state index contributed by atoms with van der Waals surface area (Å²) in [5.74, 6) is -1.88. The lowest BCUT2D eigenvalue weighted by atomic mass is 10.2. The van der Waals surface area contributed by atoms with Crippen LogP contribution in [0.15, 0.2) is 48.5 Å². The predicted octanol–water partition coefficient (Wildman–Crippen LogP) is 2.33. The van der Waals surface area contributed by atoms with Gasteiger partial charge in [-0.1, -0.05) is 12.1 Å². The van der Waals surface area contributed by atoms with E-state index in [-0.39, 0.29) is 17.0 Å². The second-order valence-corrected chi connectivity index (χ2v) is 4.18. The van der Waals surface area contributed by atoms with Gasteiger partial charge in [-0.2, -0.15) is 0 Å². The largest absolute Gasteiger partial charge is 0.508 e. The van der Waals surface area contributed by atoms with Gasteiger partial charge in [0, 0.05) is 5.69 Å². The standard InChI is InChI=1S/C15H12FNO4/c16-11-4-2-5-12(8-11)17-14(19)9-21-15(20)10-3-1-6-13(18)7-10/h1-8,18H,9H2,(H,17,19). The van der Waals surface area contributed by atoms with E-state index in [4.69, 9.17) is 4.74 Å². The van der Waals surface area contributed by atoms with Crippen LogP contribution in [0.5, 0.6) is 5.75 Å². The van der Waals surface area contributed by atoms with E-state index in [1.54, 1.807) is 0 Å². The maximum atomic E-state index is 12.9. The zero-order chi connectivity index (χ0) is 15.2. The summed E-state index contributed by atoms with van der Waals surface area (Å²) in [6.07, 6.45) is 0. The van der Waals surface area contributed by atoms with Crippen molar-refractivity contribution in [3.8, 4) is 5.75 Å². The highest BCUT2D eigenvalue weighted by Crippen LogP contribution is 2.12. The van der Waals surface area contributed by atoms with Gasteiger partial charge < -0.3 is 15.2 Å². The third-order valence-corrected chi connectivity index (χ3v) is 2.52. The third-order valence-electron chi connectivity index (χ3n) is 2.52. The van der Waals surface area contributed by atoms with Crippen molar-refractivity contribution in [1.82, 2.24) is 0 Å². The monoisotopic (exact) mass is 289 g/mol. The number of phenolic OH excluding ortho intramolecular Hbond substituents is 1. The number of aromatic hydroxyl groups is 1. The molecule has 2 N–H and O–H groups in total. The summed E-state index contributed by atoms with van der Waals surface area (Å²) in [5, 5.41) is 11.6. The highest BCUT2D eigenvalue weighted by molar-refractivity contribution is 5.95. The van der Waals surface area contributed by atoms with Crippen LogP contribution in [0.4, 0.5) is 10.1 Å². The molecule has 108 valence electrons. The average Bonchev–Trinajstić information content (AvgIpc) is 2.45. The van der Waals surface area contributed by atoms with Gasteiger partial charge in [-0.05, 0) is 36.4 Å². The van der Waals surface area contributed by atoms with E-state index >= 15 is 0 Å². The molecule has 5 nitrogen and oxygen atoms in total. The molecule has 0 aliphatic heterocycles. The van der Waals surface area contributed by atoms with Crippen molar-refractivity contribution < 1.29 is 23.8 Å². The Morgan fingerprint density at radius 1 is 1.14 bits per heavy atom. The molecule has 0 atom stereocenters. The van der Waals surface area contributed by atoms with Crippen LogP contribution < -0.4 is 5.32 Å². The Morgan fingerprint density at radius 2 is 1.90 bits per heavy atom. The molecule has 0 aliphatic carbocycles. The Morgan fingerprint density at radius 3 is 2.62 bits per heavy atom. The summed E-state index contributed by atoms with van der Waals surface area (Å²) in [7, 11) is 0. The molecule has 0 spiro atoms. The molecule has 2 aromatic rings. The van der Waals surface area contributed by atoms with Gasteiger partial charge in [0.2, 0.25) is 0 Å². The number of esters is 1. The van der Waals surface area contributed by atoms with Gasteiger partial charge in [0.05, 0.1) is 5.56 Å². The minimum Gasteiger partial charge on any atom is -0.508 e. The molecule has 0 aliphatic rings. The molecule has 0 fully saturated rings. The predicted molar refractivity (Wildman–Crippen MR) is 73.4 cm³/mol. The number of carbonyl (C=O) groups excluding carboxylic acids is 2. The molecule has 0 bridgehead atoms. The first kappa shape index (κ1) is 14.5. The first-order valence-corrected chi connectivity index (χ1v) is 6.06. The van der Waals surface area contributed by atoms with Gasteiger partial charge in [0.15, 0.2) is 6.61 Å². The van der Waals surface area contributed by atoms with Gasteiger partial charge >= 0.3 is 5.97 Å². The first-order valence-electron chi connectivity index (χ1n) is 6.06. The second kappa shape index (κ2) is 6.51. The van der Waals surface area contributed by atoms with E-state index in [9.17, 15) is 19.1 Å². The smallest absolute Gasteiger partial charge is 0.338 e. The Labute approximate surface area is 120 Å². The van der Waals surface area contributed by atoms with E-state index in [1.165, 1.54) is 42.5 Å². The van der Waals surface area contributed by atoms with Gasteiger partial charge in [-0.25, -0.2) is 9.18 Å². The zero-order valence-electron chi connectivity index (χ0n) is 10.9. The molecule has 1 amide bonds. The molecule has 0 radical (unpaired) electrons. The molecule has 0 heterocycles. The van der Waals surface area contributed by atoms with E-state index in [0.29, 0.717) is 0 Å². The normalized spacial score (nSPS) is 9.95. The van der Waals surface area contributed by atoms with Crippen LogP contribution in [-0.2, 0) is 9.53 Å². The van der Waals surface area contributed by atoms with Crippen LogP contribution >= 0.6 is 0 Å². The number of amides is 1. The lowest BCUT2D eigenvalue weighted by Gasteiger charge is -2.07. The van der Waals surface area contributed by atoms with Crippen LogP contribution in [0.25, 0.3) is 0 Å². The molecule has 0 saturated heterocycles. The topological polar surface area (TPSA) is 75.6 Å². The quantitative estimate of drug-likeness (QED) is 0.847. The van der Waals surface area contributed by atoms with Crippen LogP contribution in [0, 0.1) is 5.82 Å². The van der Waals surface area contributed by atoms with Gasteiger partial charge in [-0.15, -0.1) is 0 Å². The summed E-state index contributed by atoms with van der Waals surface area (Å²) >= 11 is 0. The Bertz CT molecular complexity index is 672. The van der Waals surface area contributed by atoms with E-state index < -0.39 is 24.3 Å². The number of phenols is 1. The van der Waals surface area contributed by atoms with Crippen molar-refractivity contribution in [2.75, 3.05) is 11.9 Å². The highest BCUT2D eigenvalue weighted by atomic mass is 19.1. The maximum absolute atomic E-state index is 12.9. The Hall–Kier alpha value is -2.89. The van der Waals surface area contributed by atoms with Crippen molar-refractivity contribution in [1.29, 1.82) is 0 Å². The summed E-state index contributed by atoms with van der Waals surface area (Å²) < 4.78 is 17.7. The Balaban J connectivity index is 1.88. The fraction of sp³-hybridized carbons (Fsp3) is 0.0667. The van der Waals surface area contributed by atoms with Gasteiger partial charge in [-0.3, -0.25) is 4.79 Å². The van der Waals surface area contributed by atoms with Crippen molar-refractivity contribution in [3.05, 3.63) is 59.9 Å². The molecule has 0 unspecified atom stereocenters. The zero-order valence-corrected chi connectivity index (χ0v) is 10.9. The van der Waals surface area contributed by atoms with Crippen molar-refractivity contribution in [3.63, 3.8) is 0 Å². The minimum atomic E-state index is -0.736. The molecular formula is C15H12FNO4. The molecule has 6 heteroatoms. The number of halogens is 1. The minimum absolute atomic E-state index is 0.0753. The summed E-state index contributed by atoms with van der Waals surface area (Å²) in [6.45, 7) is -0.509. The summed E-state index contributed by atoms with van der Waals surface area (Å²) in [5.41, 5.74) is 0.405. The van der Waals surface area contributed by atoms with E-state index in [1.807, 2.05) is 0 Å². The summed E-state index contributed by atoms with van der Waals surface area (Å²) in [6, 6.07) is 10.9. The fourth-order valence-corrected chi connectivity index (χ4v) is 1.61. The van der Waals surface area contributed by atoms with Gasteiger partial charge in [0.1, 0.15) is 11.6 Å². The maximum Gasteiger partial charge on any atom is 0.338 e. The lowest BCUT2D eigenvalue weighted by Crippen LogP contribution is -2.20. The molecule has 0 saturated carbocycles. The van der Waals surface area contributed by atoms with E-state index in [0.717, 1.165) is 6.07 Å². The van der Waals surface area contributed by atoms with Crippen LogP contribution in [0.1, 0.15) is 10.4 Å². The highest BCUT2D eigenvalue weighted by Gasteiger charge is 2.11. The van der Waals surface area contributed by atoms with Crippen molar-refractivity contribution in [2.45, 2.75) is 0 Å². The van der Waals surface area contributed by atoms with Crippen molar-refractivity contribution in [2.24, 2.45) is 0 Å².